The van der Waals surface area contributed by atoms with Crippen molar-refractivity contribution in [1.82, 2.24) is 14.5 Å². The van der Waals surface area contributed by atoms with Crippen molar-refractivity contribution >= 4 is 46.4 Å². The molecule has 40 heavy (non-hydrogen) atoms. The van der Waals surface area contributed by atoms with Crippen LogP contribution in [0.15, 0.2) is 48.7 Å². The standard InChI is InChI=1S/C29H25Cl2N5O4/c1-14(2)35-25-24(34-26(35)18-12-23(40-5)32-13-22(18)39-4)27(37)36(21-11-17(31)7-6-15(21)3)29(25)19-9-8-16(30)10-20(19)33-28(29)38/h6-14H,1-5H3,(H,33,38)/t29-/m0/s1. The van der Waals surface area contributed by atoms with Gasteiger partial charge in [0.2, 0.25) is 5.88 Å². The molecule has 1 N–H and O–H groups in total. The van der Waals surface area contributed by atoms with E-state index in [1.165, 1.54) is 25.3 Å². The van der Waals surface area contributed by atoms with Crippen LogP contribution in [0, 0.1) is 6.92 Å². The molecule has 0 aliphatic carbocycles. The number of nitrogens with zero attached hydrogens (tertiary/aromatic N) is 4. The number of hydrogen-bond acceptors (Lipinski definition) is 6. The summed E-state index contributed by atoms with van der Waals surface area (Å²) in [6, 6.07) is 11.9. The van der Waals surface area contributed by atoms with Crippen LogP contribution in [-0.2, 0) is 10.3 Å². The molecule has 0 unspecified atom stereocenters. The van der Waals surface area contributed by atoms with Gasteiger partial charge in [0.15, 0.2) is 11.2 Å². The third-order valence-corrected chi connectivity index (χ3v) is 7.85. The van der Waals surface area contributed by atoms with Gasteiger partial charge in [0.25, 0.3) is 11.8 Å². The number of methoxy groups -OCH3 is 2. The van der Waals surface area contributed by atoms with E-state index < -0.39 is 17.4 Å². The minimum Gasteiger partial charge on any atom is -0.494 e. The second-order valence-electron chi connectivity index (χ2n) is 9.95. The van der Waals surface area contributed by atoms with Crippen LogP contribution in [0.25, 0.3) is 11.4 Å². The molecule has 0 saturated heterocycles. The Morgan fingerprint density at radius 3 is 2.42 bits per heavy atom. The van der Waals surface area contributed by atoms with Crippen LogP contribution in [0.1, 0.15) is 47.2 Å². The fourth-order valence-electron chi connectivity index (χ4n) is 5.70. The van der Waals surface area contributed by atoms with Gasteiger partial charge in [-0.05, 0) is 50.6 Å². The number of fused-ring (bicyclic) bond motifs is 4. The number of halogens is 2. The zero-order valence-electron chi connectivity index (χ0n) is 22.4. The number of carbonyl (C=O) groups excluding carboxylic acids is 2. The van der Waals surface area contributed by atoms with Crippen LogP contribution in [0.5, 0.6) is 11.6 Å². The molecule has 2 aromatic heterocycles. The quantitative estimate of drug-likeness (QED) is 0.311. The number of anilines is 2. The number of aromatic nitrogens is 3. The van der Waals surface area contributed by atoms with E-state index in [1.807, 2.05) is 31.4 Å². The molecule has 0 fully saturated rings. The monoisotopic (exact) mass is 577 g/mol. The predicted molar refractivity (Wildman–Crippen MR) is 153 cm³/mol. The molecule has 2 aliphatic rings. The van der Waals surface area contributed by atoms with Crippen molar-refractivity contribution in [2.75, 3.05) is 24.4 Å². The van der Waals surface area contributed by atoms with Crippen molar-refractivity contribution in [2.45, 2.75) is 32.4 Å². The molecule has 0 radical (unpaired) electrons. The predicted octanol–water partition coefficient (Wildman–Crippen LogP) is 6.01. The highest BCUT2D eigenvalue weighted by Gasteiger charge is 2.64. The summed E-state index contributed by atoms with van der Waals surface area (Å²) >= 11 is 12.7. The van der Waals surface area contributed by atoms with E-state index in [0.717, 1.165) is 5.56 Å². The van der Waals surface area contributed by atoms with Gasteiger partial charge in [0.1, 0.15) is 11.6 Å². The summed E-state index contributed by atoms with van der Waals surface area (Å²) in [7, 11) is 3.05. The van der Waals surface area contributed by atoms with Gasteiger partial charge in [0.05, 0.1) is 37.4 Å². The number of carbonyl (C=O) groups is 2. The van der Waals surface area contributed by atoms with Crippen LogP contribution in [-0.4, -0.2) is 40.6 Å². The number of aryl methyl sites for hydroxylation is 1. The van der Waals surface area contributed by atoms with E-state index in [9.17, 15) is 9.59 Å². The van der Waals surface area contributed by atoms with Gasteiger partial charge in [0, 0.05) is 33.4 Å². The Balaban J connectivity index is 1.74. The maximum Gasteiger partial charge on any atom is 0.280 e. The minimum absolute atomic E-state index is 0.152. The average molecular weight is 578 g/mol. The van der Waals surface area contributed by atoms with E-state index in [2.05, 4.69) is 10.3 Å². The number of hydrogen-bond donors (Lipinski definition) is 1. The molecular weight excluding hydrogens is 553 g/mol. The molecule has 11 heteroatoms. The first-order valence-electron chi connectivity index (χ1n) is 12.6. The molecular formula is C29H25Cl2N5O4. The molecule has 6 rings (SSSR count). The summed E-state index contributed by atoms with van der Waals surface area (Å²) < 4.78 is 12.9. The normalized spacial score (nSPS) is 17.4. The fraction of sp³-hybridized carbons (Fsp3) is 0.241. The SMILES string of the molecule is COc1cc(-c2nc3c(n2C(C)C)[C@@]2(C(=O)Nc4cc(Cl)ccc42)N(c2cc(Cl)ccc2C)C3=O)c(OC)cn1. The minimum atomic E-state index is -1.58. The van der Waals surface area contributed by atoms with E-state index in [4.69, 9.17) is 37.7 Å². The third-order valence-electron chi connectivity index (χ3n) is 7.38. The van der Waals surface area contributed by atoms with Gasteiger partial charge >= 0.3 is 0 Å². The zero-order chi connectivity index (χ0) is 28.5. The van der Waals surface area contributed by atoms with E-state index in [0.29, 0.717) is 55.7 Å². The molecule has 2 aromatic carbocycles. The van der Waals surface area contributed by atoms with E-state index in [-0.39, 0.29) is 11.7 Å². The third kappa shape index (κ3) is 3.47. The maximum atomic E-state index is 14.5. The van der Waals surface area contributed by atoms with Crippen LogP contribution >= 0.6 is 23.2 Å². The molecule has 1 atom stereocenters. The molecule has 4 aromatic rings. The topological polar surface area (TPSA) is 98.6 Å². The largest absolute Gasteiger partial charge is 0.494 e. The molecule has 4 heterocycles. The Kier molecular flexibility index (Phi) is 6.05. The first-order valence-corrected chi connectivity index (χ1v) is 13.3. The Morgan fingerprint density at radius 1 is 1.00 bits per heavy atom. The number of pyridine rings is 1. The summed E-state index contributed by atoms with van der Waals surface area (Å²) in [5, 5.41) is 3.87. The van der Waals surface area contributed by atoms with Gasteiger partial charge < -0.3 is 19.4 Å². The molecule has 0 bridgehead atoms. The number of benzene rings is 2. The lowest BCUT2D eigenvalue weighted by Gasteiger charge is -2.36. The van der Waals surface area contributed by atoms with Crippen molar-refractivity contribution < 1.29 is 19.1 Å². The first kappa shape index (κ1) is 26.2. The lowest BCUT2D eigenvalue weighted by molar-refractivity contribution is -0.119. The molecule has 0 saturated carbocycles. The van der Waals surface area contributed by atoms with Gasteiger partial charge in [-0.25, -0.2) is 9.97 Å². The summed E-state index contributed by atoms with van der Waals surface area (Å²) in [5.74, 6) is 0.411. The van der Waals surface area contributed by atoms with Crippen LogP contribution < -0.4 is 19.7 Å². The highest BCUT2D eigenvalue weighted by atomic mass is 35.5. The summed E-state index contributed by atoms with van der Waals surface area (Å²) in [6.07, 6.45) is 1.54. The summed E-state index contributed by atoms with van der Waals surface area (Å²) in [5.41, 5.74) is 1.97. The number of rotatable bonds is 5. The highest BCUT2D eigenvalue weighted by Crippen LogP contribution is 2.55. The maximum absolute atomic E-state index is 14.5. The average Bonchev–Trinajstić information content (AvgIpc) is 3.53. The zero-order valence-corrected chi connectivity index (χ0v) is 23.9. The summed E-state index contributed by atoms with van der Waals surface area (Å²) in [4.78, 5) is 39.4. The van der Waals surface area contributed by atoms with Crippen molar-refractivity contribution in [3.05, 3.63) is 81.2 Å². The van der Waals surface area contributed by atoms with Gasteiger partial charge in [-0.2, -0.15) is 0 Å². The summed E-state index contributed by atoms with van der Waals surface area (Å²) in [6.45, 7) is 5.81. The molecule has 204 valence electrons. The van der Waals surface area contributed by atoms with E-state index in [1.54, 1.807) is 36.4 Å². The lowest BCUT2D eigenvalue weighted by Crippen LogP contribution is -2.51. The second-order valence-corrected chi connectivity index (χ2v) is 10.8. The second kappa shape index (κ2) is 9.25. The Morgan fingerprint density at radius 2 is 1.73 bits per heavy atom. The van der Waals surface area contributed by atoms with Crippen molar-refractivity contribution in [2.24, 2.45) is 0 Å². The molecule has 9 nitrogen and oxygen atoms in total. The smallest absolute Gasteiger partial charge is 0.280 e. The van der Waals surface area contributed by atoms with Gasteiger partial charge in [-0.3, -0.25) is 14.5 Å². The Bertz CT molecular complexity index is 1730. The molecule has 1 spiro atoms. The van der Waals surface area contributed by atoms with Gasteiger partial charge in [-0.15, -0.1) is 0 Å². The van der Waals surface area contributed by atoms with Crippen molar-refractivity contribution in [3.63, 3.8) is 0 Å². The number of nitrogens with one attached hydrogen (secondary N) is 1. The Labute approximate surface area is 240 Å². The van der Waals surface area contributed by atoms with Crippen LogP contribution in [0.2, 0.25) is 10.0 Å². The molecule has 2 aliphatic heterocycles. The lowest BCUT2D eigenvalue weighted by atomic mass is 9.86. The van der Waals surface area contributed by atoms with Gasteiger partial charge in [-0.1, -0.05) is 35.3 Å². The number of ether oxygens (including phenoxy) is 2. The number of amides is 2. The van der Waals surface area contributed by atoms with Crippen molar-refractivity contribution in [3.8, 4) is 23.0 Å². The van der Waals surface area contributed by atoms with E-state index >= 15 is 0 Å². The number of imidazole rings is 1. The van der Waals surface area contributed by atoms with Crippen LogP contribution in [0.3, 0.4) is 0 Å². The van der Waals surface area contributed by atoms with Crippen LogP contribution in [0.4, 0.5) is 11.4 Å². The fourth-order valence-corrected chi connectivity index (χ4v) is 6.04. The van der Waals surface area contributed by atoms with Crippen molar-refractivity contribution in [1.29, 1.82) is 0 Å². The first-order chi connectivity index (χ1) is 19.1. The Hall–Kier alpha value is -4.08. The molecule has 2 amide bonds. The highest BCUT2D eigenvalue weighted by molar-refractivity contribution is 6.32.